The zero-order valence-corrected chi connectivity index (χ0v) is 10.3. The summed E-state index contributed by atoms with van der Waals surface area (Å²) in [7, 11) is 0. The number of carbonyl (C=O) groups is 1. The molecule has 0 aliphatic carbocycles. The lowest BCUT2D eigenvalue weighted by atomic mass is 10.0. The number of ether oxygens (including phenoxy) is 1. The SMILES string of the molecule is CCC(C(=O)NC1CCOC(C)C1)C(N)=NO. The fraction of sp³-hybridized carbons (Fsp3) is 0.818. The molecule has 4 N–H and O–H groups in total. The van der Waals surface area contributed by atoms with Gasteiger partial charge in [0.1, 0.15) is 0 Å². The summed E-state index contributed by atoms with van der Waals surface area (Å²) in [6.45, 7) is 4.47. The van der Waals surface area contributed by atoms with E-state index in [9.17, 15) is 4.79 Å². The smallest absolute Gasteiger partial charge is 0.231 e. The number of nitrogens with zero attached hydrogens (tertiary/aromatic N) is 1. The Labute approximate surface area is 101 Å². The van der Waals surface area contributed by atoms with Crippen molar-refractivity contribution in [1.29, 1.82) is 0 Å². The molecule has 17 heavy (non-hydrogen) atoms. The van der Waals surface area contributed by atoms with Crippen LogP contribution in [-0.2, 0) is 9.53 Å². The minimum absolute atomic E-state index is 0.0369. The molecule has 0 spiro atoms. The molecule has 0 aromatic rings. The van der Waals surface area contributed by atoms with Gasteiger partial charge in [-0.15, -0.1) is 0 Å². The van der Waals surface area contributed by atoms with E-state index in [1.807, 2.05) is 13.8 Å². The second kappa shape index (κ2) is 6.44. The van der Waals surface area contributed by atoms with Gasteiger partial charge < -0.3 is 21.0 Å². The van der Waals surface area contributed by atoms with Crippen LogP contribution in [0.4, 0.5) is 0 Å². The summed E-state index contributed by atoms with van der Waals surface area (Å²) in [6.07, 6.45) is 2.29. The van der Waals surface area contributed by atoms with Gasteiger partial charge in [-0.25, -0.2) is 0 Å². The molecule has 0 bridgehead atoms. The average Bonchev–Trinajstić information content (AvgIpc) is 2.29. The van der Waals surface area contributed by atoms with E-state index in [-0.39, 0.29) is 23.9 Å². The molecule has 0 saturated carbocycles. The molecule has 1 saturated heterocycles. The van der Waals surface area contributed by atoms with E-state index in [0.717, 1.165) is 12.8 Å². The number of nitrogens with two attached hydrogens (primary N) is 1. The molecule has 0 radical (unpaired) electrons. The van der Waals surface area contributed by atoms with E-state index in [4.69, 9.17) is 15.7 Å². The van der Waals surface area contributed by atoms with Gasteiger partial charge in [0, 0.05) is 12.6 Å². The fourth-order valence-electron chi connectivity index (χ4n) is 2.03. The Kier molecular flexibility index (Phi) is 5.21. The number of nitrogens with one attached hydrogen (secondary N) is 1. The normalized spacial score (nSPS) is 27.5. The number of hydrogen-bond acceptors (Lipinski definition) is 4. The number of hydrogen-bond donors (Lipinski definition) is 3. The lowest BCUT2D eigenvalue weighted by Gasteiger charge is -2.29. The summed E-state index contributed by atoms with van der Waals surface area (Å²) >= 11 is 0. The van der Waals surface area contributed by atoms with Crippen LogP contribution in [0.25, 0.3) is 0 Å². The van der Waals surface area contributed by atoms with Crippen LogP contribution in [0.5, 0.6) is 0 Å². The van der Waals surface area contributed by atoms with Gasteiger partial charge >= 0.3 is 0 Å². The number of oxime groups is 1. The van der Waals surface area contributed by atoms with Crippen LogP contribution in [0.1, 0.15) is 33.1 Å². The summed E-state index contributed by atoms with van der Waals surface area (Å²) in [4.78, 5) is 11.9. The third-order valence-electron chi connectivity index (χ3n) is 3.03. The van der Waals surface area contributed by atoms with Gasteiger partial charge in [-0.3, -0.25) is 4.79 Å². The highest BCUT2D eigenvalue weighted by atomic mass is 16.5. The van der Waals surface area contributed by atoms with Crippen molar-refractivity contribution in [3.8, 4) is 0 Å². The van der Waals surface area contributed by atoms with Crippen molar-refractivity contribution < 1.29 is 14.7 Å². The first-order valence-electron chi connectivity index (χ1n) is 5.97. The van der Waals surface area contributed by atoms with Crippen molar-refractivity contribution in [2.24, 2.45) is 16.8 Å². The number of amides is 1. The molecule has 1 amide bonds. The quantitative estimate of drug-likeness (QED) is 0.289. The van der Waals surface area contributed by atoms with Gasteiger partial charge in [0.25, 0.3) is 0 Å². The Hall–Kier alpha value is -1.30. The van der Waals surface area contributed by atoms with Crippen molar-refractivity contribution in [2.45, 2.75) is 45.3 Å². The zero-order chi connectivity index (χ0) is 12.8. The molecule has 3 unspecified atom stereocenters. The highest BCUT2D eigenvalue weighted by Crippen LogP contribution is 2.14. The van der Waals surface area contributed by atoms with Gasteiger partial charge in [0.15, 0.2) is 5.84 Å². The molecule has 1 fully saturated rings. The Morgan fingerprint density at radius 1 is 1.71 bits per heavy atom. The Morgan fingerprint density at radius 3 is 2.94 bits per heavy atom. The largest absolute Gasteiger partial charge is 0.409 e. The molecule has 98 valence electrons. The van der Waals surface area contributed by atoms with E-state index in [1.54, 1.807) is 0 Å². The van der Waals surface area contributed by atoms with Crippen molar-refractivity contribution in [1.82, 2.24) is 5.32 Å². The summed E-state index contributed by atoms with van der Waals surface area (Å²) < 4.78 is 5.41. The molecule has 1 rings (SSSR count). The second-order valence-corrected chi connectivity index (χ2v) is 4.40. The van der Waals surface area contributed by atoms with Crippen molar-refractivity contribution in [3.63, 3.8) is 0 Å². The summed E-state index contributed by atoms with van der Waals surface area (Å²) in [5.41, 5.74) is 5.48. The molecular weight excluding hydrogens is 222 g/mol. The topological polar surface area (TPSA) is 96.9 Å². The summed E-state index contributed by atoms with van der Waals surface area (Å²) in [6, 6.07) is 0.117. The predicted molar refractivity (Wildman–Crippen MR) is 63.8 cm³/mol. The molecule has 0 aromatic carbocycles. The van der Waals surface area contributed by atoms with E-state index >= 15 is 0 Å². The van der Waals surface area contributed by atoms with E-state index in [0.29, 0.717) is 13.0 Å². The molecular formula is C11H21N3O3. The van der Waals surface area contributed by atoms with Crippen molar-refractivity contribution in [3.05, 3.63) is 0 Å². The van der Waals surface area contributed by atoms with E-state index in [2.05, 4.69) is 10.5 Å². The van der Waals surface area contributed by atoms with Crippen LogP contribution >= 0.6 is 0 Å². The van der Waals surface area contributed by atoms with Gasteiger partial charge in [-0.05, 0) is 26.2 Å². The van der Waals surface area contributed by atoms with Gasteiger partial charge in [-0.2, -0.15) is 0 Å². The highest BCUT2D eigenvalue weighted by Gasteiger charge is 2.26. The summed E-state index contributed by atoms with van der Waals surface area (Å²) in [5.74, 6) is -0.773. The average molecular weight is 243 g/mol. The molecule has 3 atom stereocenters. The Balaban J connectivity index is 2.52. The van der Waals surface area contributed by atoms with Gasteiger partial charge in [0.05, 0.1) is 12.0 Å². The van der Waals surface area contributed by atoms with Crippen molar-refractivity contribution in [2.75, 3.05) is 6.61 Å². The third kappa shape index (κ3) is 3.89. The van der Waals surface area contributed by atoms with E-state index in [1.165, 1.54) is 0 Å². The van der Waals surface area contributed by atoms with Crippen LogP contribution < -0.4 is 11.1 Å². The standard InChI is InChI=1S/C11H21N3O3/c1-3-9(10(12)14-16)11(15)13-8-4-5-17-7(2)6-8/h7-9,16H,3-6H2,1-2H3,(H2,12,14)(H,13,15). The first-order valence-corrected chi connectivity index (χ1v) is 5.97. The first-order chi connectivity index (χ1) is 8.08. The molecule has 6 nitrogen and oxygen atoms in total. The van der Waals surface area contributed by atoms with E-state index < -0.39 is 5.92 Å². The molecule has 0 aromatic heterocycles. The van der Waals surface area contributed by atoms with Crippen molar-refractivity contribution >= 4 is 11.7 Å². The van der Waals surface area contributed by atoms with Gasteiger partial charge in [-0.1, -0.05) is 12.1 Å². The van der Waals surface area contributed by atoms with Crippen LogP contribution in [0.3, 0.4) is 0 Å². The number of carbonyl (C=O) groups excluding carboxylic acids is 1. The molecule has 1 aliphatic rings. The molecule has 6 heteroatoms. The maximum atomic E-state index is 11.9. The Morgan fingerprint density at radius 2 is 2.41 bits per heavy atom. The van der Waals surface area contributed by atoms with Crippen LogP contribution in [-0.4, -0.2) is 35.7 Å². The second-order valence-electron chi connectivity index (χ2n) is 4.40. The minimum atomic E-state index is -0.557. The van der Waals surface area contributed by atoms with Crippen LogP contribution in [0.15, 0.2) is 5.16 Å². The first kappa shape index (κ1) is 13.8. The van der Waals surface area contributed by atoms with Crippen LogP contribution in [0, 0.1) is 5.92 Å². The zero-order valence-electron chi connectivity index (χ0n) is 10.3. The Bertz CT molecular complexity index is 294. The van der Waals surface area contributed by atoms with Gasteiger partial charge in [0.2, 0.25) is 5.91 Å². The maximum Gasteiger partial charge on any atom is 0.231 e. The predicted octanol–water partition coefficient (Wildman–Crippen LogP) is 0.443. The maximum absolute atomic E-state index is 11.9. The molecule has 1 heterocycles. The van der Waals surface area contributed by atoms with Crippen LogP contribution in [0.2, 0.25) is 0 Å². The fourth-order valence-corrected chi connectivity index (χ4v) is 2.03. The lowest BCUT2D eigenvalue weighted by molar-refractivity contribution is -0.124. The lowest BCUT2D eigenvalue weighted by Crippen LogP contribution is -2.46. The number of amidine groups is 1. The third-order valence-corrected chi connectivity index (χ3v) is 3.03. The summed E-state index contributed by atoms with van der Waals surface area (Å²) in [5, 5.41) is 14.4. The number of rotatable bonds is 4. The highest BCUT2D eigenvalue weighted by molar-refractivity contribution is 6.02. The monoisotopic (exact) mass is 243 g/mol. The molecule has 1 aliphatic heterocycles. The minimum Gasteiger partial charge on any atom is -0.409 e.